The molecule has 2 bridgehead atoms. The summed E-state index contributed by atoms with van der Waals surface area (Å²) in [7, 11) is 0. The number of hydrogen-bond donors (Lipinski definition) is 0. The van der Waals surface area contributed by atoms with Crippen molar-refractivity contribution in [1.29, 1.82) is 0 Å². The van der Waals surface area contributed by atoms with Gasteiger partial charge in [-0.2, -0.15) is 0 Å². The van der Waals surface area contributed by atoms with Crippen LogP contribution in [0.4, 0.5) is 0 Å². The van der Waals surface area contributed by atoms with Crippen molar-refractivity contribution in [3.8, 4) is 0 Å². The van der Waals surface area contributed by atoms with Crippen LogP contribution < -0.4 is 0 Å². The third-order valence-corrected chi connectivity index (χ3v) is 9.19. The number of ketones is 2. The highest BCUT2D eigenvalue weighted by Crippen LogP contribution is 2.83. The Bertz CT molecular complexity index is 664. The first-order valence-electron chi connectivity index (χ1n) is 7.77. The van der Waals surface area contributed by atoms with E-state index in [0.29, 0.717) is 0 Å². The minimum atomic E-state index is -0.614. The Balaban J connectivity index is 2.12. The molecule has 0 aromatic rings. The number of fused-ring (bicyclic) bond motifs is 2. The molecule has 0 aliphatic heterocycles. The average molecular weight is 414 g/mol. The first-order chi connectivity index (χ1) is 9.88. The van der Waals surface area contributed by atoms with Gasteiger partial charge in [0.1, 0.15) is 0 Å². The molecule has 2 spiro atoms. The quantitative estimate of drug-likeness (QED) is 0.626. The van der Waals surface area contributed by atoms with Gasteiger partial charge in [-0.25, -0.2) is 0 Å². The van der Waals surface area contributed by atoms with Crippen LogP contribution in [0, 0.1) is 16.2 Å². The van der Waals surface area contributed by atoms with Crippen LogP contribution in [0.5, 0.6) is 0 Å². The van der Waals surface area contributed by atoms with Gasteiger partial charge in [0, 0.05) is 4.48 Å². The van der Waals surface area contributed by atoms with E-state index in [0.717, 1.165) is 42.2 Å². The van der Waals surface area contributed by atoms with Gasteiger partial charge in [0.15, 0.2) is 11.6 Å². The molecule has 4 aliphatic carbocycles. The molecule has 4 atom stereocenters. The highest BCUT2D eigenvalue weighted by atomic mass is 79.9. The standard InChI is InChI=1S/C17H18Br2O2/c1-3-10-8-17(19)14(4-2)9-11(18)15(13(14)21)6-5-7-16(15,17)12(10)20/h8-9H,3-7H2,1-2H3/t14-,15+,16+,17+/m0/s1. The number of Topliss-reactive ketones (excluding diaryl/α,β-unsaturated/α-hetero) is 2. The van der Waals surface area contributed by atoms with Gasteiger partial charge in [0.25, 0.3) is 0 Å². The Labute approximate surface area is 141 Å². The van der Waals surface area contributed by atoms with E-state index in [9.17, 15) is 9.59 Å². The van der Waals surface area contributed by atoms with Crippen molar-refractivity contribution in [2.75, 3.05) is 0 Å². The Hall–Kier alpha value is -0.220. The Kier molecular flexibility index (Phi) is 2.61. The fourth-order valence-corrected chi connectivity index (χ4v) is 8.48. The number of hydrogen-bond acceptors (Lipinski definition) is 2. The number of alkyl halides is 1. The van der Waals surface area contributed by atoms with Crippen molar-refractivity contribution < 1.29 is 9.59 Å². The number of allylic oxidation sites excluding steroid dienone is 4. The van der Waals surface area contributed by atoms with Crippen molar-refractivity contribution in [3.63, 3.8) is 0 Å². The monoisotopic (exact) mass is 412 g/mol. The molecule has 2 nitrogen and oxygen atoms in total. The SMILES string of the molecule is CCC1=C[C@]2(Br)[C@]3(CCC[C@@]34C(=O)[C@]2(CC)C=C4Br)C1=O. The lowest BCUT2D eigenvalue weighted by Crippen LogP contribution is -2.53. The number of halogens is 2. The minimum absolute atomic E-state index is 0.216. The molecule has 0 aromatic heterocycles. The Morgan fingerprint density at radius 1 is 1.19 bits per heavy atom. The van der Waals surface area contributed by atoms with E-state index >= 15 is 0 Å². The first-order valence-corrected chi connectivity index (χ1v) is 9.36. The summed E-state index contributed by atoms with van der Waals surface area (Å²) in [5, 5.41) is 0. The maximum absolute atomic E-state index is 13.4. The molecule has 0 radical (unpaired) electrons. The third-order valence-electron chi connectivity index (χ3n) is 6.67. The molecule has 0 amide bonds. The predicted octanol–water partition coefficient (Wildman–Crippen LogP) is 4.47. The molecule has 0 heterocycles. The van der Waals surface area contributed by atoms with Gasteiger partial charge in [0.05, 0.1) is 20.6 Å². The summed E-state index contributed by atoms with van der Waals surface area (Å²) in [5.74, 6) is 0.478. The zero-order chi connectivity index (χ0) is 15.3. The van der Waals surface area contributed by atoms with E-state index in [1.54, 1.807) is 0 Å². The lowest BCUT2D eigenvalue weighted by Gasteiger charge is -2.47. The summed E-state index contributed by atoms with van der Waals surface area (Å²) in [6.07, 6.45) is 8.24. The summed E-state index contributed by atoms with van der Waals surface area (Å²) < 4.78 is 0.447. The maximum Gasteiger partial charge on any atom is 0.167 e. The van der Waals surface area contributed by atoms with Gasteiger partial charge >= 0.3 is 0 Å². The van der Waals surface area contributed by atoms with E-state index in [4.69, 9.17) is 0 Å². The molecule has 4 heteroatoms. The van der Waals surface area contributed by atoms with E-state index in [1.807, 2.05) is 6.92 Å². The van der Waals surface area contributed by atoms with Crippen molar-refractivity contribution in [3.05, 3.63) is 22.2 Å². The normalized spacial score (nSPS) is 50.3. The number of carbonyl (C=O) groups is 2. The summed E-state index contributed by atoms with van der Waals surface area (Å²) in [6.45, 7) is 4.10. The van der Waals surface area contributed by atoms with Crippen LogP contribution in [0.3, 0.4) is 0 Å². The van der Waals surface area contributed by atoms with Crippen LogP contribution >= 0.6 is 31.9 Å². The zero-order valence-corrected chi connectivity index (χ0v) is 15.4. The largest absolute Gasteiger partial charge is 0.298 e. The fourth-order valence-electron chi connectivity index (χ4n) is 5.80. The van der Waals surface area contributed by atoms with Gasteiger partial charge in [-0.05, 0) is 31.3 Å². The van der Waals surface area contributed by atoms with Crippen molar-refractivity contribution in [2.45, 2.75) is 50.3 Å². The van der Waals surface area contributed by atoms with Crippen LogP contribution in [0.2, 0.25) is 0 Å². The number of rotatable bonds is 2. The summed E-state index contributed by atoms with van der Waals surface area (Å²) in [6, 6.07) is 0. The van der Waals surface area contributed by atoms with Gasteiger partial charge in [0.2, 0.25) is 0 Å². The number of carbonyl (C=O) groups excluding carboxylic acids is 2. The smallest absolute Gasteiger partial charge is 0.167 e. The van der Waals surface area contributed by atoms with Gasteiger partial charge in [-0.1, -0.05) is 64.3 Å². The average Bonchev–Trinajstić information content (AvgIpc) is 3.08. The second-order valence-electron chi connectivity index (χ2n) is 6.87. The molecule has 0 saturated heterocycles. The zero-order valence-electron chi connectivity index (χ0n) is 12.3. The maximum atomic E-state index is 13.4. The summed E-state index contributed by atoms with van der Waals surface area (Å²) >= 11 is 7.62. The van der Waals surface area contributed by atoms with E-state index in [-0.39, 0.29) is 11.6 Å². The third kappa shape index (κ3) is 1.03. The van der Waals surface area contributed by atoms with Crippen LogP contribution in [0.15, 0.2) is 22.2 Å². The van der Waals surface area contributed by atoms with Gasteiger partial charge in [-0.15, -0.1) is 0 Å². The summed E-state index contributed by atoms with van der Waals surface area (Å²) in [5.41, 5.74) is -0.874. The molecule has 0 unspecified atom stereocenters. The van der Waals surface area contributed by atoms with E-state index < -0.39 is 20.6 Å². The van der Waals surface area contributed by atoms with Crippen LogP contribution in [0.25, 0.3) is 0 Å². The molecule has 4 rings (SSSR count). The molecule has 0 aromatic carbocycles. The predicted molar refractivity (Wildman–Crippen MR) is 88.5 cm³/mol. The topological polar surface area (TPSA) is 34.1 Å². The van der Waals surface area contributed by atoms with Crippen LogP contribution in [-0.2, 0) is 9.59 Å². The van der Waals surface area contributed by atoms with E-state index in [2.05, 4.69) is 50.9 Å². The molecule has 112 valence electrons. The Morgan fingerprint density at radius 2 is 1.90 bits per heavy atom. The summed E-state index contributed by atoms with van der Waals surface area (Å²) in [4.78, 5) is 26.7. The molecular formula is C17H18Br2O2. The van der Waals surface area contributed by atoms with Gasteiger partial charge < -0.3 is 0 Å². The second-order valence-corrected chi connectivity index (χ2v) is 8.98. The second kappa shape index (κ2) is 3.81. The highest BCUT2D eigenvalue weighted by Gasteiger charge is 2.88. The van der Waals surface area contributed by atoms with E-state index in [1.165, 1.54) is 0 Å². The highest BCUT2D eigenvalue weighted by molar-refractivity contribution is 9.11. The molecule has 0 N–H and O–H groups in total. The lowest BCUT2D eigenvalue weighted by atomic mass is 9.60. The molecular weight excluding hydrogens is 396 g/mol. The van der Waals surface area contributed by atoms with Crippen molar-refractivity contribution in [2.24, 2.45) is 16.2 Å². The van der Waals surface area contributed by atoms with Gasteiger partial charge in [-0.3, -0.25) is 9.59 Å². The van der Waals surface area contributed by atoms with Crippen LogP contribution in [0.1, 0.15) is 46.0 Å². The van der Waals surface area contributed by atoms with Crippen molar-refractivity contribution >= 4 is 43.4 Å². The molecule has 21 heavy (non-hydrogen) atoms. The minimum Gasteiger partial charge on any atom is -0.298 e. The van der Waals surface area contributed by atoms with Crippen molar-refractivity contribution in [1.82, 2.24) is 0 Å². The van der Waals surface area contributed by atoms with Crippen LogP contribution in [-0.4, -0.2) is 15.9 Å². The molecule has 2 fully saturated rings. The molecule has 4 aliphatic rings. The fraction of sp³-hybridized carbons (Fsp3) is 0.647. The Morgan fingerprint density at radius 3 is 2.52 bits per heavy atom. The first kappa shape index (κ1) is 14.4. The lowest BCUT2D eigenvalue weighted by molar-refractivity contribution is -0.135. The molecule has 2 saturated carbocycles.